The SMILES string of the molecule is O=C(CCc1ccccc1)Nc1cccc2c1C(=O)N(c1ccccc1)C2=O. The Morgan fingerprint density at radius 2 is 1.46 bits per heavy atom. The highest BCUT2D eigenvalue weighted by atomic mass is 16.2. The first-order chi connectivity index (χ1) is 13.6. The first kappa shape index (κ1) is 17.7. The Kier molecular flexibility index (Phi) is 4.72. The van der Waals surface area contributed by atoms with Crippen molar-refractivity contribution in [3.63, 3.8) is 0 Å². The predicted octanol–water partition coefficient (Wildman–Crippen LogP) is 4.06. The van der Waals surface area contributed by atoms with Gasteiger partial charge >= 0.3 is 0 Å². The summed E-state index contributed by atoms with van der Waals surface area (Å²) in [6, 6.07) is 23.4. The number of nitrogens with one attached hydrogen (secondary N) is 1. The number of imide groups is 1. The minimum atomic E-state index is -0.426. The van der Waals surface area contributed by atoms with Crippen LogP contribution in [0.1, 0.15) is 32.7 Å². The third-order valence-electron chi connectivity index (χ3n) is 4.69. The van der Waals surface area contributed by atoms with E-state index in [1.807, 2.05) is 36.4 Å². The van der Waals surface area contributed by atoms with Gasteiger partial charge in [0, 0.05) is 6.42 Å². The maximum absolute atomic E-state index is 12.9. The van der Waals surface area contributed by atoms with Crippen molar-refractivity contribution >= 4 is 29.1 Å². The second kappa shape index (κ2) is 7.48. The highest BCUT2D eigenvalue weighted by Crippen LogP contribution is 2.32. The van der Waals surface area contributed by atoms with Crippen LogP contribution in [-0.2, 0) is 11.2 Å². The number of carbonyl (C=O) groups excluding carboxylic acids is 3. The minimum absolute atomic E-state index is 0.198. The van der Waals surface area contributed by atoms with Crippen molar-refractivity contribution in [1.29, 1.82) is 0 Å². The molecule has 0 saturated carbocycles. The molecule has 0 fully saturated rings. The summed E-state index contributed by atoms with van der Waals surface area (Å²) in [5, 5.41) is 2.80. The number of benzene rings is 3. The van der Waals surface area contributed by atoms with E-state index < -0.39 is 5.91 Å². The van der Waals surface area contributed by atoms with Crippen molar-refractivity contribution in [2.24, 2.45) is 0 Å². The van der Waals surface area contributed by atoms with Gasteiger partial charge in [0.2, 0.25) is 5.91 Å². The van der Waals surface area contributed by atoms with Crippen molar-refractivity contribution in [3.8, 4) is 0 Å². The number of para-hydroxylation sites is 1. The van der Waals surface area contributed by atoms with Gasteiger partial charge in [-0.25, -0.2) is 4.90 Å². The highest BCUT2D eigenvalue weighted by molar-refractivity contribution is 6.36. The number of anilines is 2. The first-order valence-corrected chi connectivity index (χ1v) is 9.06. The fourth-order valence-electron chi connectivity index (χ4n) is 3.32. The molecule has 1 aliphatic heterocycles. The second-order valence-corrected chi connectivity index (χ2v) is 6.54. The number of fused-ring (bicyclic) bond motifs is 1. The van der Waals surface area contributed by atoms with Gasteiger partial charge < -0.3 is 5.32 Å². The summed E-state index contributed by atoms with van der Waals surface area (Å²) in [7, 11) is 0. The molecule has 0 unspecified atom stereocenters. The summed E-state index contributed by atoms with van der Waals surface area (Å²) in [5.74, 6) is -1.01. The smallest absolute Gasteiger partial charge is 0.268 e. The van der Waals surface area contributed by atoms with E-state index in [-0.39, 0.29) is 23.8 Å². The number of hydrogen-bond donors (Lipinski definition) is 1. The molecule has 0 atom stereocenters. The van der Waals surface area contributed by atoms with E-state index in [2.05, 4.69) is 5.32 Å². The molecule has 1 N–H and O–H groups in total. The fourth-order valence-corrected chi connectivity index (χ4v) is 3.32. The van der Waals surface area contributed by atoms with Gasteiger partial charge in [-0.1, -0.05) is 54.6 Å². The zero-order valence-electron chi connectivity index (χ0n) is 15.1. The monoisotopic (exact) mass is 370 g/mol. The lowest BCUT2D eigenvalue weighted by atomic mass is 10.1. The Morgan fingerprint density at radius 1 is 0.786 bits per heavy atom. The minimum Gasteiger partial charge on any atom is -0.325 e. The Morgan fingerprint density at radius 3 is 2.18 bits per heavy atom. The average Bonchev–Trinajstić information content (AvgIpc) is 2.99. The molecule has 0 aromatic heterocycles. The number of nitrogens with zero attached hydrogens (tertiary/aromatic N) is 1. The van der Waals surface area contributed by atoms with Crippen molar-refractivity contribution in [2.75, 3.05) is 10.2 Å². The third kappa shape index (κ3) is 3.30. The van der Waals surface area contributed by atoms with E-state index in [0.717, 1.165) is 10.5 Å². The summed E-state index contributed by atoms with van der Waals surface area (Å²) in [6.07, 6.45) is 0.892. The molecule has 1 aliphatic rings. The maximum atomic E-state index is 12.9. The Labute approximate surface area is 162 Å². The quantitative estimate of drug-likeness (QED) is 0.689. The highest BCUT2D eigenvalue weighted by Gasteiger charge is 2.38. The van der Waals surface area contributed by atoms with E-state index in [4.69, 9.17) is 0 Å². The maximum Gasteiger partial charge on any atom is 0.268 e. The fraction of sp³-hybridized carbons (Fsp3) is 0.0870. The van der Waals surface area contributed by atoms with Crippen LogP contribution in [0.15, 0.2) is 78.9 Å². The summed E-state index contributed by atoms with van der Waals surface area (Å²) < 4.78 is 0. The molecule has 0 radical (unpaired) electrons. The van der Waals surface area contributed by atoms with E-state index in [1.165, 1.54) is 0 Å². The van der Waals surface area contributed by atoms with Crippen LogP contribution in [0.2, 0.25) is 0 Å². The van der Waals surface area contributed by atoms with E-state index in [0.29, 0.717) is 23.4 Å². The Bertz CT molecular complexity index is 1050. The number of carbonyl (C=O) groups is 3. The van der Waals surface area contributed by atoms with Crippen molar-refractivity contribution in [1.82, 2.24) is 0 Å². The topological polar surface area (TPSA) is 66.5 Å². The van der Waals surface area contributed by atoms with Gasteiger partial charge in [-0.15, -0.1) is 0 Å². The first-order valence-electron chi connectivity index (χ1n) is 9.06. The van der Waals surface area contributed by atoms with Crippen LogP contribution in [-0.4, -0.2) is 17.7 Å². The normalized spacial score (nSPS) is 12.8. The van der Waals surface area contributed by atoms with Gasteiger partial charge in [0.15, 0.2) is 0 Å². The lowest BCUT2D eigenvalue weighted by Gasteiger charge is -2.13. The third-order valence-corrected chi connectivity index (χ3v) is 4.69. The van der Waals surface area contributed by atoms with Crippen LogP contribution in [0.3, 0.4) is 0 Å². The number of aryl methyl sites for hydroxylation is 1. The summed E-state index contributed by atoms with van der Waals surface area (Å²) in [5.41, 5.74) is 2.49. The largest absolute Gasteiger partial charge is 0.325 e. The molecule has 5 nitrogen and oxygen atoms in total. The van der Waals surface area contributed by atoms with Gasteiger partial charge in [0.25, 0.3) is 11.8 Å². The van der Waals surface area contributed by atoms with Crippen LogP contribution in [0.25, 0.3) is 0 Å². The summed E-state index contributed by atoms with van der Waals surface area (Å²) in [4.78, 5) is 39.2. The molecule has 138 valence electrons. The van der Waals surface area contributed by atoms with E-state index in [9.17, 15) is 14.4 Å². The number of amides is 3. The van der Waals surface area contributed by atoms with Crippen molar-refractivity contribution in [2.45, 2.75) is 12.8 Å². The molecule has 4 rings (SSSR count). The van der Waals surface area contributed by atoms with Crippen molar-refractivity contribution in [3.05, 3.63) is 95.6 Å². The van der Waals surface area contributed by atoms with E-state index >= 15 is 0 Å². The zero-order chi connectivity index (χ0) is 19.5. The molecule has 5 heteroatoms. The van der Waals surface area contributed by atoms with Crippen LogP contribution < -0.4 is 10.2 Å². The van der Waals surface area contributed by atoms with Gasteiger partial charge in [-0.3, -0.25) is 14.4 Å². The lowest BCUT2D eigenvalue weighted by Crippen LogP contribution is -2.29. The lowest BCUT2D eigenvalue weighted by molar-refractivity contribution is -0.116. The second-order valence-electron chi connectivity index (χ2n) is 6.54. The van der Waals surface area contributed by atoms with E-state index in [1.54, 1.807) is 42.5 Å². The molecule has 0 bridgehead atoms. The van der Waals surface area contributed by atoms with Gasteiger partial charge in [-0.2, -0.15) is 0 Å². The molecule has 3 aromatic rings. The molecule has 28 heavy (non-hydrogen) atoms. The number of rotatable bonds is 5. The Hall–Kier alpha value is -3.73. The molecule has 3 aromatic carbocycles. The molecule has 3 amide bonds. The molecule has 0 spiro atoms. The van der Waals surface area contributed by atoms with Gasteiger partial charge in [0.05, 0.1) is 22.5 Å². The number of hydrogen-bond acceptors (Lipinski definition) is 3. The molecule has 0 saturated heterocycles. The predicted molar refractivity (Wildman–Crippen MR) is 107 cm³/mol. The van der Waals surface area contributed by atoms with Crippen LogP contribution >= 0.6 is 0 Å². The van der Waals surface area contributed by atoms with Gasteiger partial charge in [0.1, 0.15) is 0 Å². The average molecular weight is 370 g/mol. The van der Waals surface area contributed by atoms with Crippen molar-refractivity contribution < 1.29 is 14.4 Å². The van der Waals surface area contributed by atoms with Crippen LogP contribution in [0.5, 0.6) is 0 Å². The Balaban J connectivity index is 1.55. The van der Waals surface area contributed by atoms with Crippen LogP contribution in [0.4, 0.5) is 11.4 Å². The summed E-state index contributed by atoms with van der Waals surface area (Å²) in [6.45, 7) is 0. The van der Waals surface area contributed by atoms with Gasteiger partial charge in [-0.05, 0) is 36.2 Å². The van der Waals surface area contributed by atoms with Crippen LogP contribution in [0, 0.1) is 0 Å². The molecule has 1 heterocycles. The molecular formula is C23H18N2O3. The molecule has 0 aliphatic carbocycles. The molecular weight excluding hydrogens is 352 g/mol. The summed E-state index contributed by atoms with van der Waals surface area (Å²) >= 11 is 0. The zero-order valence-corrected chi connectivity index (χ0v) is 15.1. The standard InChI is InChI=1S/C23H18N2O3/c26-20(15-14-16-8-3-1-4-9-16)24-19-13-7-12-18-21(19)23(28)25(22(18)27)17-10-5-2-6-11-17/h1-13H,14-15H2,(H,24,26).